The van der Waals surface area contributed by atoms with Crippen LogP contribution in [-0.4, -0.2) is 36.6 Å². The van der Waals surface area contributed by atoms with Gasteiger partial charge in [0.15, 0.2) is 0 Å². The normalized spacial score (nSPS) is 32.6. The maximum atomic E-state index is 3.68. The van der Waals surface area contributed by atoms with Gasteiger partial charge in [-0.15, -0.1) is 0 Å². The summed E-state index contributed by atoms with van der Waals surface area (Å²) < 4.78 is 0. The molecule has 1 heterocycles. The van der Waals surface area contributed by atoms with E-state index < -0.39 is 0 Å². The lowest BCUT2D eigenvalue weighted by atomic mass is 9.89. The van der Waals surface area contributed by atoms with Gasteiger partial charge in [0, 0.05) is 25.2 Å². The second kappa shape index (κ2) is 6.19. The number of piperidine rings is 1. The van der Waals surface area contributed by atoms with Gasteiger partial charge in [-0.3, -0.25) is 4.90 Å². The Morgan fingerprint density at radius 3 is 2.59 bits per heavy atom. The van der Waals surface area contributed by atoms with Crippen LogP contribution in [0.4, 0.5) is 0 Å². The first kappa shape index (κ1) is 13.4. The number of nitrogens with zero attached hydrogens (tertiary/aromatic N) is 1. The molecule has 1 saturated heterocycles. The third kappa shape index (κ3) is 3.69. The van der Waals surface area contributed by atoms with Crippen molar-refractivity contribution in [2.45, 2.75) is 65.0 Å². The molecule has 3 unspecified atom stereocenters. The van der Waals surface area contributed by atoms with Gasteiger partial charge in [-0.25, -0.2) is 0 Å². The molecule has 0 radical (unpaired) electrons. The van der Waals surface area contributed by atoms with E-state index in [0.717, 1.165) is 30.5 Å². The topological polar surface area (TPSA) is 15.3 Å². The highest BCUT2D eigenvalue weighted by Crippen LogP contribution is 2.37. The molecule has 0 aromatic rings. The minimum atomic E-state index is 0.742. The first-order valence-electron chi connectivity index (χ1n) is 7.72. The molecule has 1 aliphatic carbocycles. The summed E-state index contributed by atoms with van der Waals surface area (Å²) >= 11 is 0. The standard InChI is InChI=1S/C15H30N2/c1-4-6-13-9-15(16-5-2)11-17(10-13)12(3)14-7-8-14/h12-16H,4-11H2,1-3H3. The summed E-state index contributed by atoms with van der Waals surface area (Å²) in [5.74, 6) is 1.94. The molecule has 1 N–H and O–H groups in total. The van der Waals surface area contributed by atoms with Crippen LogP contribution >= 0.6 is 0 Å². The van der Waals surface area contributed by atoms with Crippen LogP contribution in [0.5, 0.6) is 0 Å². The molecule has 2 nitrogen and oxygen atoms in total. The molecule has 0 aromatic carbocycles. The maximum absolute atomic E-state index is 3.68. The molecular formula is C15H30N2. The Hall–Kier alpha value is -0.0800. The third-order valence-electron chi connectivity index (χ3n) is 4.64. The largest absolute Gasteiger partial charge is 0.313 e. The molecule has 2 heteroatoms. The third-order valence-corrected chi connectivity index (χ3v) is 4.64. The Labute approximate surface area is 107 Å². The zero-order valence-corrected chi connectivity index (χ0v) is 11.9. The van der Waals surface area contributed by atoms with E-state index in [2.05, 4.69) is 31.0 Å². The van der Waals surface area contributed by atoms with Crippen molar-refractivity contribution in [1.82, 2.24) is 10.2 Å². The molecule has 2 rings (SSSR count). The van der Waals surface area contributed by atoms with Gasteiger partial charge in [-0.05, 0) is 51.0 Å². The first-order chi connectivity index (χ1) is 8.24. The number of likely N-dealkylation sites (N-methyl/N-ethyl adjacent to an activating group) is 1. The summed E-state index contributed by atoms with van der Waals surface area (Å²) in [6, 6.07) is 1.57. The lowest BCUT2D eigenvalue weighted by Crippen LogP contribution is -2.52. The zero-order valence-electron chi connectivity index (χ0n) is 11.9. The van der Waals surface area contributed by atoms with Crippen LogP contribution in [0, 0.1) is 11.8 Å². The lowest BCUT2D eigenvalue weighted by Gasteiger charge is -2.41. The summed E-state index contributed by atoms with van der Waals surface area (Å²) in [4.78, 5) is 2.77. The van der Waals surface area contributed by atoms with Crippen molar-refractivity contribution in [3.05, 3.63) is 0 Å². The van der Waals surface area contributed by atoms with Gasteiger partial charge in [0.1, 0.15) is 0 Å². The predicted molar refractivity (Wildman–Crippen MR) is 74.2 cm³/mol. The minimum absolute atomic E-state index is 0.742. The van der Waals surface area contributed by atoms with Crippen LogP contribution < -0.4 is 5.32 Å². The summed E-state index contributed by atoms with van der Waals surface area (Å²) in [7, 11) is 0. The van der Waals surface area contributed by atoms with Gasteiger partial charge in [-0.1, -0.05) is 20.3 Å². The molecule has 0 aromatic heterocycles. The van der Waals surface area contributed by atoms with E-state index in [-0.39, 0.29) is 0 Å². The number of nitrogens with one attached hydrogen (secondary N) is 1. The van der Waals surface area contributed by atoms with Crippen molar-refractivity contribution in [3.63, 3.8) is 0 Å². The molecule has 1 aliphatic heterocycles. The summed E-state index contributed by atoms with van der Waals surface area (Å²) in [6.45, 7) is 10.8. The van der Waals surface area contributed by atoms with Crippen LogP contribution in [0.2, 0.25) is 0 Å². The van der Waals surface area contributed by atoms with Gasteiger partial charge < -0.3 is 5.32 Å². The minimum Gasteiger partial charge on any atom is -0.313 e. The van der Waals surface area contributed by atoms with Crippen LogP contribution in [0.1, 0.15) is 52.9 Å². The average Bonchev–Trinajstić information content (AvgIpc) is 3.12. The van der Waals surface area contributed by atoms with E-state index in [1.54, 1.807) is 0 Å². The van der Waals surface area contributed by atoms with Gasteiger partial charge in [0.05, 0.1) is 0 Å². The predicted octanol–water partition coefficient (Wildman–Crippen LogP) is 2.89. The Morgan fingerprint density at radius 1 is 1.24 bits per heavy atom. The van der Waals surface area contributed by atoms with Gasteiger partial charge in [-0.2, -0.15) is 0 Å². The quantitative estimate of drug-likeness (QED) is 0.765. The van der Waals surface area contributed by atoms with Crippen molar-refractivity contribution in [2.75, 3.05) is 19.6 Å². The zero-order chi connectivity index (χ0) is 12.3. The molecule has 2 aliphatic rings. The molecule has 0 amide bonds. The maximum Gasteiger partial charge on any atom is 0.0198 e. The van der Waals surface area contributed by atoms with E-state index in [1.165, 1.54) is 45.2 Å². The smallest absolute Gasteiger partial charge is 0.0198 e. The van der Waals surface area contributed by atoms with E-state index in [0.29, 0.717) is 0 Å². The fourth-order valence-corrected chi connectivity index (χ4v) is 3.50. The second-order valence-corrected chi connectivity index (χ2v) is 6.18. The summed E-state index contributed by atoms with van der Waals surface area (Å²) in [5, 5.41) is 3.68. The monoisotopic (exact) mass is 238 g/mol. The number of hydrogen-bond acceptors (Lipinski definition) is 2. The van der Waals surface area contributed by atoms with Crippen LogP contribution in [-0.2, 0) is 0 Å². The molecule has 17 heavy (non-hydrogen) atoms. The van der Waals surface area contributed by atoms with Gasteiger partial charge >= 0.3 is 0 Å². The molecular weight excluding hydrogens is 208 g/mol. The lowest BCUT2D eigenvalue weighted by molar-refractivity contribution is 0.0912. The van der Waals surface area contributed by atoms with Crippen LogP contribution in [0.15, 0.2) is 0 Å². The van der Waals surface area contributed by atoms with Crippen molar-refractivity contribution < 1.29 is 0 Å². The number of rotatable bonds is 6. The Bertz CT molecular complexity index is 211. The fraction of sp³-hybridized carbons (Fsp3) is 1.00. The van der Waals surface area contributed by atoms with E-state index in [4.69, 9.17) is 0 Å². The highest BCUT2D eigenvalue weighted by Gasteiger charge is 2.36. The average molecular weight is 238 g/mol. The fourth-order valence-electron chi connectivity index (χ4n) is 3.50. The highest BCUT2D eigenvalue weighted by atomic mass is 15.2. The number of likely N-dealkylation sites (tertiary alicyclic amines) is 1. The highest BCUT2D eigenvalue weighted by molar-refractivity contribution is 4.91. The molecule has 0 spiro atoms. The SMILES string of the molecule is CCCC1CC(NCC)CN(C(C)C2CC2)C1. The van der Waals surface area contributed by atoms with E-state index >= 15 is 0 Å². The van der Waals surface area contributed by atoms with E-state index in [1.807, 2.05) is 0 Å². The molecule has 100 valence electrons. The first-order valence-corrected chi connectivity index (χ1v) is 7.72. The Morgan fingerprint density at radius 2 is 2.00 bits per heavy atom. The van der Waals surface area contributed by atoms with Crippen LogP contribution in [0.3, 0.4) is 0 Å². The van der Waals surface area contributed by atoms with Crippen molar-refractivity contribution in [1.29, 1.82) is 0 Å². The van der Waals surface area contributed by atoms with Crippen molar-refractivity contribution in [2.24, 2.45) is 11.8 Å². The molecule has 3 atom stereocenters. The summed E-state index contributed by atoms with van der Waals surface area (Å²) in [6.07, 6.45) is 7.10. The molecule has 1 saturated carbocycles. The van der Waals surface area contributed by atoms with Gasteiger partial charge in [0.25, 0.3) is 0 Å². The van der Waals surface area contributed by atoms with Crippen molar-refractivity contribution >= 4 is 0 Å². The van der Waals surface area contributed by atoms with Crippen molar-refractivity contribution in [3.8, 4) is 0 Å². The Kier molecular flexibility index (Phi) is 4.87. The summed E-state index contributed by atoms with van der Waals surface area (Å²) in [5.41, 5.74) is 0. The Balaban J connectivity index is 1.90. The van der Waals surface area contributed by atoms with E-state index in [9.17, 15) is 0 Å². The van der Waals surface area contributed by atoms with Gasteiger partial charge in [0.2, 0.25) is 0 Å². The van der Waals surface area contributed by atoms with Crippen LogP contribution in [0.25, 0.3) is 0 Å². The molecule has 2 fully saturated rings. The second-order valence-electron chi connectivity index (χ2n) is 6.18. The molecule has 0 bridgehead atoms. The number of hydrogen-bond donors (Lipinski definition) is 1.